The molecule has 2 N–H and O–H groups in total. The van der Waals surface area contributed by atoms with E-state index in [0.29, 0.717) is 0 Å². The van der Waals surface area contributed by atoms with E-state index < -0.39 is 17.3 Å². The van der Waals surface area contributed by atoms with Crippen LogP contribution in [0.4, 0.5) is 0 Å². The zero-order valence-electron chi connectivity index (χ0n) is 9.70. The summed E-state index contributed by atoms with van der Waals surface area (Å²) in [6.45, 7) is 2.95. The summed E-state index contributed by atoms with van der Waals surface area (Å²) in [6, 6.07) is 1.26. The summed E-state index contributed by atoms with van der Waals surface area (Å²) in [4.78, 5) is 22.6. The van der Waals surface area contributed by atoms with Crippen molar-refractivity contribution in [1.29, 1.82) is 0 Å². The first-order chi connectivity index (χ1) is 8.24. The van der Waals surface area contributed by atoms with Gasteiger partial charge >= 0.3 is 5.97 Å². The van der Waals surface area contributed by atoms with Crippen LogP contribution in [0.2, 0.25) is 10.3 Å². The van der Waals surface area contributed by atoms with Crippen molar-refractivity contribution in [2.75, 3.05) is 6.54 Å². The van der Waals surface area contributed by atoms with Crippen LogP contribution >= 0.6 is 23.2 Å². The van der Waals surface area contributed by atoms with Crippen LogP contribution in [0.15, 0.2) is 6.07 Å². The topological polar surface area (TPSA) is 92.2 Å². The van der Waals surface area contributed by atoms with Crippen LogP contribution < -0.4 is 5.32 Å². The molecule has 0 saturated heterocycles. The highest BCUT2D eigenvalue weighted by molar-refractivity contribution is 6.34. The van der Waals surface area contributed by atoms with Crippen LogP contribution in [0.25, 0.3) is 0 Å². The van der Waals surface area contributed by atoms with Gasteiger partial charge in [-0.1, -0.05) is 23.2 Å². The number of aromatic nitrogens is 2. The van der Waals surface area contributed by atoms with Gasteiger partial charge in [0.2, 0.25) is 0 Å². The summed E-state index contributed by atoms with van der Waals surface area (Å²) in [7, 11) is 0. The molecule has 6 nitrogen and oxygen atoms in total. The van der Waals surface area contributed by atoms with Crippen molar-refractivity contribution in [2.45, 2.75) is 13.8 Å². The minimum atomic E-state index is -1.08. The van der Waals surface area contributed by atoms with E-state index in [1.54, 1.807) is 0 Å². The van der Waals surface area contributed by atoms with Crippen LogP contribution in [-0.2, 0) is 4.79 Å². The highest BCUT2D eigenvalue weighted by Crippen LogP contribution is 2.17. The summed E-state index contributed by atoms with van der Waals surface area (Å²) >= 11 is 11.3. The Kier molecular flexibility index (Phi) is 4.48. The lowest BCUT2D eigenvalue weighted by Crippen LogP contribution is -2.39. The van der Waals surface area contributed by atoms with Gasteiger partial charge in [0.15, 0.2) is 10.3 Å². The third-order valence-corrected chi connectivity index (χ3v) is 2.70. The zero-order valence-corrected chi connectivity index (χ0v) is 11.2. The first-order valence-electron chi connectivity index (χ1n) is 4.94. The fraction of sp³-hybridized carbons (Fsp3) is 0.400. The quantitative estimate of drug-likeness (QED) is 0.879. The van der Waals surface area contributed by atoms with E-state index in [0.717, 1.165) is 0 Å². The van der Waals surface area contributed by atoms with Gasteiger partial charge in [-0.2, -0.15) is 0 Å². The van der Waals surface area contributed by atoms with Crippen LogP contribution in [0.1, 0.15) is 24.2 Å². The van der Waals surface area contributed by atoms with E-state index in [1.165, 1.54) is 19.9 Å². The molecule has 0 aliphatic rings. The molecule has 0 aliphatic heterocycles. The van der Waals surface area contributed by atoms with Gasteiger partial charge in [0.1, 0.15) is 0 Å². The number of halogens is 2. The van der Waals surface area contributed by atoms with E-state index in [4.69, 9.17) is 28.3 Å². The fourth-order valence-corrected chi connectivity index (χ4v) is 1.31. The second kappa shape index (κ2) is 5.49. The number of carboxylic acids is 1. The summed E-state index contributed by atoms with van der Waals surface area (Å²) < 4.78 is 0. The van der Waals surface area contributed by atoms with Gasteiger partial charge in [0.25, 0.3) is 5.91 Å². The molecule has 8 heteroatoms. The van der Waals surface area contributed by atoms with Crippen molar-refractivity contribution < 1.29 is 14.7 Å². The van der Waals surface area contributed by atoms with E-state index in [-0.39, 0.29) is 22.4 Å². The van der Waals surface area contributed by atoms with Gasteiger partial charge in [-0.15, -0.1) is 10.2 Å². The molecule has 1 heterocycles. The number of nitrogens with one attached hydrogen (secondary N) is 1. The van der Waals surface area contributed by atoms with Crippen molar-refractivity contribution >= 4 is 35.1 Å². The monoisotopic (exact) mass is 291 g/mol. The van der Waals surface area contributed by atoms with E-state index in [2.05, 4.69) is 15.5 Å². The van der Waals surface area contributed by atoms with Crippen molar-refractivity contribution in [2.24, 2.45) is 5.41 Å². The van der Waals surface area contributed by atoms with Crippen LogP contribution in [0.3, 0.4) is 0 Å². The molecule has 1 aromatic rings. The van der Waals surface area contributed by atoms with Crippen molar-refractivity contribution in [1.82, 2.24) is 15.5 Å². The Morgan fingerprint density at radius 3 is 2.56 bits per heavy atom. The first kappa shape index (κ1) is 14.7. The lowest BCUT2D eigenvalue weighted by molar-refractivity contribution is -0.146. The Morgan fingerprint density at radius 2 is 2.00 bits per heavy atom. The smallest absolute Gasteiger partial charge is 0.310 e. The standard InChI is InChI=1S/C10H11Cl2N3O3/c1-10(2,9(17)18)4-13-8(16)5-3-6(11)14-15-7(5)12/h3H,4H2,1-2H3,(H,13,16)(H,17,18). The average molecular weight is 292 g/mol. The molecule has 1 rings (SSSR count). The zero-order chi connectivity index (χ0) is 13.9. The maximum atomic E-state index is 11.8. The van der Waals surface area contributed by atoms with Gasteiger partial charge in [0.05, 0.1) is 11.0 Å². The Labute approximate surface area is 113 Å². The van der Waals surface area contributed by atoms with E-state index >= 15 is 0 Å². The summed E-state index contributed by atoms with van der Waals surface area (Å²) in [5.74, 6) is -1.56. The highest BCUT2D eigenvalue weighted by Gasteiger charge is 2.28. The largest absolute Gasteiger partial charge is 0.481 e. The minimum Gasteiger partial charge on any atom is -0.481 e. The van der Waals surface area contributed by atoms with Crippen molar-refractivity contribution in [3.05, 3.63) is 21.9 Å². The third kappa shape index (κ3) is 3.54. The lowest BCUT2D eigenvalue weighted by atomic mass is 9.94. The SMILES string of the molecule is CC(C)(CNC(=O)c1cc(Cl)nnc1Cl)C(=O)O. The second-order valence-electron chi connectivity index (χ2n) is 4.24. The van der Waals surface area contributed by atoms with E-state index in [9.17, 15) is 9.59 Å². The second-order valence-corrected chi connectivity index (χ2v) is 4.99. The van der Waals surface area contributed by atoms with Crippen molar-refractivity contribution in [3.8, 4) is 0 Å². The van der Waals surface area contributed by atoms with E-state index in [1.807, 2.05) is 0 Å². The van der Waals surface area contributed by atoms with Gasteiger partial charge in [-0.05, 0) is 19.9 Å². The number of rotatable bonds is 4. The first-order valence-corrected chi connectivity index (χ1v) is 5.70. The molecule has 0 aliphatic carbocycles. The van der Waals surface area contributed by atoms with Crippen LogP contribution in [0, 0.1) is 5.41 Å². The van der Waals surface area contributed by atoms with Gasteiger partial charge in [-0.3, -0.25) is 9.59 Å². The number of amides is 1. The Bertz CT molecular complexity index is 491. The van der Waals surface area contributed by atoms with Crippen LogP contribution in [-0.4, -0.2) is 33.7 Å². The Morgan fingerprint density at radius 1 is 1.39 bits per heavy atom. The molecule has 0 bridgehead atoms. The number of carbonyl (C=O) groups excluding carboxylic acids is 1. The molecule has 1 aromatic heterocycles. The minimum absolute atomic E-state index is 0.0297. The predicted molar refractivity (Wildman–Crippen MR) is 65.8 cm³/mol. The summed E-state index contributed by atoms with van der Waals surface area (Å²) in [5, 5.41) is 18.3. The van der Waals surface area contributed by atoms with Crippen LogP contribution in [0.5, 0.6) is 0 Å². The maximum Gasteiger partial charge on any atom is 0.310 e. The number of carbonyl (C=O) groups is 2. The molecule has 0 saturated carbocycles. The highest BCUT2D eigenvalue weighted by atomic mass is 35.5. The molecular formula is C10H11Cl2N3O3. The normalized spacial score (nSPS) is 11.1. The molecular weight excluding hydrogens is 281 g/mol. The predicted octanol–water partition coefficient (Wildman–Crippen LogP) is 1.62. The molecule has 98 valence electrons. The number of hydrogen-bond acceptors (Lipinski definition) is 4. The summed E-state index contributed by atoms with van der Waals surface area (Å²) in [5.41, 5.74) is -1.02. The van der Waals surface area contributed by atoms with Gasteiger partial charge < -0.3 is 10.4 Å². The third-order valence-electron chi connectivity index (χ3n) is 2.23. The fourth-order valence-electron chi connectivity index (χ4n) is 0.984. The van der Waals surface area contributed by atoms with Gasteiger partial charge in [-0.25, -0.2) is 0 Å². The Hall–Kier alpha value is -1.40. The molecule has 0 atom stereocenters. The number of hydrogen-bond donors (Lipinski definition) is 2. The molecule has 0 unspecified atom stereocenters. The molecule has 0 radical (unpaired) electrons. The molecule has 0 aromatic carbocycles. The molecule has 0 fully saturated rings. The lowest BCUT2D eigenvalue weighted by Gasteiger charge is -2.19. The Balaban J connectivity index is 2.78. The molecule has 1 amide bonds. The number of aliphatic carboxylic acids is 1. The number of nitrogens with zero attached hydrogens (tertiary/aromatic N) is 2. The molecule has 18 heavy (non-hydrogen) atoms. The van der Waals surface area contributed by atoms with Crippen molar-refractivity contribution in [3.63, 3.8) is 0 Å². The summed E-state index contributed by atoms with van der Waals surface area (Å²) in [6.07, 6.45) is 0. The maximum absolute atomic E-state index is 11.8. The average Bonchev–Trinajstić information content (AvgIpc) is 2.29. The molecule has 0 spiro atoms. The van der Waals surface area contributed by atoms with Gasteiger partial charge in [0, 0.05) is 6.54 Å². The number of carboxylic acid groups (broad SMARTS) is 1.